The number of hydrogen-bond donors (Lipinski definition) is 1. The summed E-state index contributed by atoms with van der Waals surface area (Å²) in [5.41, 5.74) is 11.1. The van der Waals surface area contributed by atoms with Gasteiger partial charge in [-0.25, -0.2) is 4.68 Å². The number of allylic oxidation sites excluding steroid dienone is 1. The predicted molar refractivity (Wildman–Crippen MR) is 108 cm³/mol. The van der Waals surface area contributed by atoms with Crippen LogP contribution in [0.5, 0.6) is 5.88 Å². The van der Waals surface area contributed by atoms with Crippen LogP contribution in [0, 0.1) is 18.3 Å². The number of nitrogens with zero attached hydrogens (tertiary/aromatic N) is 3. The van der Waals surface area contributed by atoms with Gasteiger partial charge in [-0.3, -0.25) is 0 Å². The van der Waals surface area contributed by atoms with Crippen molar-refractivity contribution >= 4 is 11.6 Å². The average molecular weight is 391 g/mol. The zero-order valence-electron chi connectivity index (χ0n) is 15.6. The molecule has 0 spiro atoms. The van der Waals surface area contributed by atoms with Crippen molar-refractivity contribution in [1.82, 2.24) is 9.78 Å². The summed E-state index contributed by atoms with van der Waals surface area (Å²) in [6.07, 6.45) is 0.952. The Kier molecular flexibility index (Phi) is 4.58. The minimum atomic E-state index is -0.326. The molecule has 2 heterocycles. The molecule has 0 radical (unpaired) electrons. The summed E-state index contributed by atoms with van der Waals surface area (Å²) in [5, 5.41) is 15.0. The molecule has 0 saturated carbocycles. The van der Waals surface area contributed by atoms with Gasteiger partial charge in [-0.2, -0.15) is 10.4 Å². The highest BCUT2D eigenvalue weighted by Crippen LogP contribution is 2.44. The lowest BCUT2D eigenvalue weighted by atomic mass is 9.84. The summed E-state index contributed by atoms with van der Waals surface area (Å²) in [6.45, 7) is 4.02. The number of nitriles is 1. The molecule has 0 fully saturated rings. The zero-order valence-corrected chi connectivity index (χ0v) is 16.4. The van der Waals surface area contributed by atoms with Gasteiger partial charge in [0.2, 0.25) is 11.8 Å². The molecule has 0 bridgehead atoms. The second kappa shape index (κ2) is 7.06. The van der Waals surface area contributed by atoms with Gasteiger partial charge in [0.15, 0.2) is 0 Å². The van der Waals surface area contributed by atoms with Crippen LogP contribution < -0.4 is 10.5 Å². The average Bonchev–Trinajstić information content (AvgIpc) is 3.03. The highest BCUT2D eigenvalue weighted by molar-refractivity contribution is 6.30. The maximum Gasteiger partial charge on any atom is 0.229 e. The van der Waals surface area contributed by atoms with Crippen LogP contribution in [0.3, 0.4) is 0 Å². The number of fused-ring (bicyclic) bond motifs is 1. The molecule has 6 heteroatoms. The SMILES string of the molecule is CCc1ccc(C2C(C#N)=C(N)Oc3c2c(C)nn3-c2cccc(Cl)c2)cc1. The van der Waals surface area contributed by atoms with Crippen LogP contribution in [0.1, 0.15) is 35.2 Å². The van der Waals surface area contributed by atoms with Gasteiger partial charge in [0.05, 0.1) is 22.9 Å². The first-order valence-electron chi connectivity index (χ1n) is 9.05. The summed E-state index contributed by atoms with van der Waals surface area (Å²) in [7, 11) is 0. The maximum absolute atomic E-state index is 9.76. The molecule has 4 rings (SSSR count). The van der Waals surface area contributed by atoms with E-state index >= 15 is 0 Å². The van der Waals surface area contributed by atoms with Crippen molar-refractivity contribution in [2.45, 2.75) is 26.2 Å². The van der Waals surface area contributed by atoms with Crippen LogP contribution in [-0.4, -0.2) is 9.78 Å². The van der Waals surface area contributed by atoms with Gasteiger partial charge in [-0.1, -0.05) is 48.9 Å². The van der Waals surface area contributed by atoms with Gasteiger partial charge in [-0.15, -0.1) is 0 Å². The second-order valence-corrected chi connectivity index (χ2v) is 7.15. The van der Waals surface area contributed by atoms with E-state index in [1.54, 1.807) is 10.7 Å². The van der Waals surface area contributed by atoms with Crippen molar-refractivity contribution in [2.24, 2.45) is 5.73 Å². The highest BCUT2D eigenvalue weighted by atomic mass is 35.5. The normalized spacial score (nSPS) is 15.7. The van der Waals surface area contributed by atoms with Crippen molar-refractivity contribution < 1.29 is 4.74 Å². The third kappa shape index (κ3) is 2.92. The molecule has 0 aliphatic carbocycles. The van der Waals surface area contributed by atoms with Crippen LogP contribution in [-0.2, 0) is 6.42 Å². The van der Waals surface area contributed by atoms with E-state index in [4.69, 9.17) is 22.1 Å². The number of halogens is 1. The zero-order chi connectivity index (χ0) is 19.8. The van der Waals surface area contributed by atoms with E-state index < -0.39 is 0 Å². The summed E-state index contributed by atoms with van der Waals surface area (Å²) in [5.74, 6) is 0.288. The van der Waals surface area contributed by atoms with E-state index in [1.165, 1.54) is 5.56 Å². The lowest BCUT2D eigenvalue weighted by molar-refractivity contribution is 0.367. The Labute approximate surface area is 168 Å². The molecular weight excluding hydrogens is 372 g/mol. The summed E-state index contributed by atoms with van der Waals surface area (Å²) in [4.78, 5) is 0. The first-order valence-corrected chi connectivity index (χ1v) is 9.43. The standard InChI is InChI=1S/C22H19ClN4O/c1-3-14-7-9-15(10-8-14)20-18(12-24)21(25)28-22-19(20)13(2)26-27(22)17-6-4-5-16(23)11-17/h4-11,20H,3,25H2,1-2H3. The highest BCUT2D eigenvalue weighted by Gasteiger charge is 2.36. The van der Waals surface area contributed by atoms with Gasteiger partial charge in [0.1, 0.15) is 11.6 Å². The van der Waals surface area contributed by atoms with Crippen molar-refractivity contribution in [1.29, 1.82) is 5.26 Å². The first-order chi connectivity index (χ1) is 13.5. The van der Waals surface area contributed by atoms with E-state index in [1.807, 2.05) is 37.3 Å². The number of aryl methyl sites for hydroxylation is 2. The first kappa shape index (κ1) is 18.1. The Morgan fingerprint density at radius 1 is 1.25 bits per heavy atom. The number of nitrogens with two attached hydrogens (primary N) is 1. The lowest BCUT2D eigenvalue weighted by Crippen LogP contribution is -2.22. The molecule has 3 aromatic rings. The predicted octanol–water partition coefficient (Wildman–Crippen LogP) is 4.61. The Morgan fingerprint density at radius 2 is 2.00 bits per heavy atom. The van der Waals surface area contributed by atoms with Crippen LogP contribution in [0.15, 0.2) is 60.0 Å². The van der Waals surface area contributed by atoms with E-state index in [9.17, 15) is 5.26 Å². The molecule has 0 amide bonds. The summed E-state index contributed by atoms with van der Waals surface area (Å²) < 4.78 is 7.56. The summed E-state index contributed by atoms with van der Waals surface area (Å²) in [6, 6.07) is 17.8. The van der Waals surface area contributed by atoms with E-state index in [0.29, 0.717) is 16.5 Å². The van der Waals surface area contributed by atoms with E-state index in [0.717, 1.165) is 28.9 Å². The third-order valence-electron chi connectivity index (χ3n) is 5.01. The fraction of sp³-hybridized carbons (Fsp3) is 0.182. The van der Waals surface area contributed by atoms with E-state index in [-0.39, 0.29) is 11.8 Å². The minimum Gasteiger partial charge on any atom is -0.422 e. The largest absolute Gasteiger partial charge is 0.422 e. The molecule has 2 N–H and O–H groups in total. The second-order valence-electron chi connectivity index (χ2n) is 6.72. The Morgan fingerprint density at radius 3 is 2.64 bits per heavy atom. The number of rotatable bonds is 3. The molecular formula is C22H19ClN4O. The molecule has 1 aromatic heterocycles. The molecule has 5 nitrogen and oxygen atoms in total. The molecule has 1 aliphatic heterocycles. The van der Waals surface area contributed by atoms with Gasteiger partial charge >= 0.3 is 0 Å². The number of benzene rings is 2. The van der Waals surface area contributed by atoms with Gasteiger partial charge in [-0.05, 0) is 42.7 Å². The van der Waals surface area contributed by atoms with Crippen molar-refractivity contribution in [3.63, 3.8) is 0 Å². The lowest BCUT2D eigenvalue weighted by Gasteiger charge is -2.25. The van der Waals surface area contributed by atoms with Gasteiger partial charge in [0, 0.05) is 5.02 Å². The van der Waals surface area contributed by atoms with Crippen molar-refractivity contribution in [2.75, 3.05) is 0 Å². The van der Waals surface area contributed by atoms with Crippen LogP contribution >= 0.6 is 11.6 Å². The topological polar surface area (TPSA) is 76.9 Å². The van der Waals surface area contributed by atoms with Crippen molar-refractivity contribution in [3.8, 4) is 17.6 Å². The molecule has 0 saturated heterocycles. The number of hydrogen-bond acceptors (Lipinski definition) is 4. The smallest absolute Gasteiger partial charge is 0.229 e. The maximum atomic E-state index is 9.76. The van der Waals surface area contributed by atoms with Crippen LogP contribution in [0.25, 0.3) is 5.69 Å². The van der Waals surface area contributed by atoms with Crippen molar-refractivity contribution in [3.05, 3.63) is 87.4 Å². The van der Waals surface area contributed by atoms with Gasteiger partial charge in [0.25, 0.3) is 0 Å². The molecule has 140 valence electrons. The molecule has 28 heavy (non-hydrogen) atoms. The molecule has 1 unspecified atom stereocenters. The Hall–Kier alpha value is -3.23. The Bertz CT molecular complexity index is 1120. The van der Waals surface area contributed by atoms with E-state index in [2.05, 4.69) is 30.2 Å². The monoisotopic (exact) mass is 390 g/mol. The molecule has 1 atom stereocenters. The van der Waals surface area contributed by atoms with Gasteiger partial charge < -0.3 is 10.5 Å². The van der Waals surface area contributed by atoms with Crippen LogP contribution in [0.2, 0.25) is 5.02 Å². The minimum absolute atomic E-state index is 0.0998. The quantitative estimate of drug-likeness (QED) is 0.708. The third-order valence-corrected chi connectivity index (χ3v) is 5.24. The molecule has 1 aliphatic rings. The number of ether oxygens (including phenoxy) is 1. The fourth-order valence-electron chi connectivity index (χ4n) is 3.58. The fourth-order valence-corrected chi connectivity index (χ4v) is 3.76. The Balaban J connectivity index is 1.92. The van der Waals surface area contributed by atoms with Crippen LogP contribution in [0.4, 0.5) is 0 Å². The summed E-state index contributed by atoms with van der Waals surface area (Å²) >= 11 is 6.15. The number of aromatic nitrogens is 2. The molecule has 2 aromatic carbocycles.